The number of alkyl halides is 2. The zero-order chi connectivity index (χ0) is 15.0. The second kappa shape index (κ2) is 5.43. The van der Waals surface area contributed by atoms with E-state index < -0.39 is 26.4 Å². The number of hydrogen-bond acceptors (Lipinski definition) is 5. The largest absolute Gasteiger partial charge is 0.376 e. The molecule has 1 heterocycles. The topological polar surface area (TPSA) is 83.0 Å². The summed E-state index contributed by atoms with van der Waals surface area (Å²) in [5, 5.41) is 13.9. The van der Waals surface area contributed by atoms with Crippen LogP contribution < -0.4 is 5.69 Å². The van der Waals surface area contributed by atoms with Gasteiger partial charge in [0.1, 0.15) is 0 Å². The molecule has 1 aromatic rings. The van der Waals surface area contributed by atoms with E-state index >= 15 is 0 Å². The highest BCUT2D eigenvalue weighted by Crippen LogP contribution is 2.27. The van der Waals surface area contributed by atoms with Crippen molar-refractivity contribution in [3.8, 4) is 0 Å². The average molecular weight is 339 g/mol. The second-order valence-electron chi connectivity index (χ2n) is 3.70. The van der Waals surface area contributed by atoms with Crippen molar-refractivity contribution in [2.24, 2.45) is 0 Å². The summed E-state index contributed by atoms with van der Waals surface area (Å²) in [5.41, 5.74) is -1.36. The molecule has 0 saturated carbocycles. The molecule has 0 saturated heterocycles. The Hall–Kier alpha value is -1.58. The summed E-state index contributed by atoms with van der Waals surface area (Å²) >= 11 is 16.2. The minimum absolute atomic E-state index is 0.0459. The minimum atomic E-state index is -1.25. The molecule has 0 N–H and O–H groups in total. The second-order valence-corrected chi connectivity index (χ2v) is 5.27. The molecule has 0 bridgehead atoms. The van der Waals surface area contributed by atoms with E-state index in [-0.39, 0.29) is 16.4 Å². The van der Waals surface area contributed by atoms with Gasteiger partial charge in [0.25, 0.3) is 5.70 Å². The maximum atomic E-state index is 13.2. The van der Waals surface area contributed by atoms with Crippen molar-refractivity contribution < 1.29 is 9.40 Å². The van der Waals surface area contributed by atoms with Gasteiger partial charge in [0.2, 0.25) is 0 Å². The molecular formula is C9H5Cl2FN4O3S. The van der Waals surface area contributed by atoms with E-state index in [1.165, 1.54) is 6.08 Å². The summed E-state index contributed by atoms with van der Waals surface area (Å²) in [7, 11) is 0. The molecule has 0 spiro atoms. The summed E-state index contributed by atoms with van der Waals surface area (Å²) in [6, 6.07) is -0.916. The first-order chi connectivity index (χ1) is 9.32. The lowest BCUT2D eigenvalue weighted by molar-refractivity contribution is -0.418. The molecule has 0 fully saturated rings. The molecule has 1 unspecified atom stereocenters. The third-order valence-electron chi connectivity index (χ3n) is 2.52. The summed E-state index contributed by atoms with van der Waals surface area (Å²) in [5.74, 6) is -0.240. The van der Waals surface area contributed by atoms with Crippen molar-refractivity contribution in [3.63, 3.8) is 0 Å². The zero-order valence-electron chi connectivity index (χ0n) is 9.44. The molecule has 1 atom stereocenters. The Balaban J connectivity index is 2.50. The first-order valence-corrected chi connectivity index (χ1v) is 6.35. The average Bonchev–Trinajstić information content (AvgIpc) is 2.66. The first-order valence-electron chi connectivity index (χ1n) is 5.07. The quantitative estimate of drug-likeness (QED) is 0.363. The predicted molar refractivity (Wildman–Crippen MR) is 73.3 cm³/mol. The smallest absolute Gasteiger partial charge is 0.262 e. The number of nitro groups is 1. The van der Waals surface area contributed by atoms with Crippen LogP contribution >= 0.6 is 35.4 Å². The van der Waals surface area contributed by atoms with Crippen LogP contribution in [0.4, 0.5) is 4.48 Å². The Morgan fingerprint density at radius 1 is 1.55 bits per heavy atom. The molecule has 0 aromatic carbocycles. The van der Waals surface area contributed by atoms with Crippen LogP contribution in [0.1, 0.15) is 16.7 Å². The van der Waals surface area contributed by atoms with E-state index in [9.17, 15) is 19.4 Å². The lowest BCUT2D eigenvalue weighted by atomic mass is 10.1. The monoisotopic (exact) mass is 338 g/mol. The third kappa shape index (κ3) is 2.51. The SMILES string of the molecule is O=c1n(F)nc(C(Cl)Cl)n1C1C=CC([N+](=O)[O-])=CC1=S. The Kier molecular flexibility index (Phi) is 4.02. The fraction of sp³-hybridized carbons (Fsp3) is 0.222. The van der Waals surface area contributed by atoms with Crippen LogP contribution in [0, 0.1) is 10.1 Å². The van der Waals surface area contributed by atoms with E-state index in [1.807, 2.05) is 0 Å². The summed E-state index contributed by atoms with van der Waals surface area (Å²) in [4.78, 5) is 20.0. The zero-order valence-corrected chi connectivity index (χ0v) is 11.8. The van der Waals surface area contributed by atoms with Crippen LogP contribution in [-0.4, -0.2) is 24.4 Å². The van der Waals surface area contributed by atoms with Gasteiger partial charge in [-0.15, -0.1) is 5.10 Å². The maximum absolute atomic E-state index is 13.2. The van der Waals surface area contributed by atoms with Crippen LogP contribution in [0.5, 0.6) is 0 Å². The highest BCUT2D eigenvalue weighted by atomic mass is 35.5. The molecule has 1 aliphatic rings. The van der Waals surface area contributed by atoms with Gasteiger partial charge in [-0.1, -0.05) is 39.9 Å². The molecule has 0 aliphatic heterocycles. The molecule has 11 heteroatoms. The molecule has 2 rings (SSSR count). The van der Waals surface area contributed by atoms with E-state index in [4.69, 9.17) is 35.4 Å². The summed E-state index contributed by atoms with van der Waals surface area (Å²) in [6.45, 7) is 0. The Morgan fingerprint density at radius 2 is 2.20 bits per heavy atom. The van der Waals surface area contributed by atoms with E-state index in [0.717, 1.165) is 16.7 Å². The third-order valence-corrected chi connectivity index (χ3v) is 3.27. The number of halogens is 3. The van der Waals surface area contributed by atoms with Gasteiger partial charge in [-0.3, -0.25) is 14.7 Å². The van der Waals surface area contributed by atoms with Crippen molar-refractivity contribution in [2.75, 3.05) is 0 Å². The van der Waals surface area contributed by atoms with Gasteiger partial charge in [0.05, 0.1) is 11.0 Å². The standard InChI is InChI=1S/C9H5Cl2FN4O3S/c10-7(11)8-13-15(12)9(17)14(8)5-2-1-4(16(18)19)3-6(5)20/h1-3,5,7H. The van der Waals surface area contributed by atoms with Crippen molar-refractivity contribution in [1.29, 1.82) is 0 Å². The predicted octanol–water partition coefficient (Wildman–Crippen LogP) is 1.90. The fourth-order valence-corrected chi connectivity index (χ4v) is 2.27. The van der Waals surface area contributed by atoms with E-state index in [0.29, 0.717) is 0 Å². The highest BCUT2D eigenvalue weighted by Gasteiger charge is 2.28. The van der Waals surface area contributed by atoms with Crippen LogP contribution in [0.25, 0.3) is 0 Å². The van der Waals surface area contributed by atoms with Crippen molar-refractivity contribution in [2.45, 2.75) is 10.9 Å². The Morgan fingerprint density at radius 3 is 2.70 bits per heavy atom. The number of nitrogens with zero attached hydrogens (tertiary/aromatic N) is 4. The molecule has 7 nitrogen and oxygen atoms in total. The molecule has 0 radical (unpaired) electrons. The number of thiocarbonyl (C=S) groups is 1. The van der Waals surface area contributed by atoms with Crippen LogP contribution in [0.2, 0.25) is 0 Å². The Bertz CT molecular complexity index is 709. The molecular weight excluding hydrogens is 334 g/mol. The molecule has 1 aliphatic carbocycles. The van der Waals surface area contributed by atoms with Crippen molar-refractivity contribution in [1.82, 2.24) is 14.6 Å². The summed E-state index contributed by atoms with van der Waals surface area (Å²) < 4.78 is 14.1. The van der Waals surface area contributed by atoms with Crippen LogP contribution in [-0.2, 0) is 0 Å². The van der Waals surface area contributed by atoms with Crippen molar-refractivity contribution in [3.05, 3.63) is 50.3 Å². The molecule has 0 amide bonds. The fourth-order valence-electron chi connectivity index (χ4n) is 1.67. The number of aromatic nitrogens is 3. The van der Waals surface area contributed by atoms with Gasteiger partial charge in [-0.25, -0.2) is 4.79 Å². The van der Waals surface area contributed by atoms with E-state index in [2.05, 4.69) is 5.10 Å². The van der Waals surface area contributed by atoms with Gasteiger partial charge in [-0.05, 0) is 11.0 Å². The lowest BCUT2D eigenvalue weighted by Gasteiger charge is -2.17. The molecule has 20 heavy (non-hydrogen) atoms. The van der Waals surface area contributed by atoms with Crippen LogP contribution in [0.15, 0.2) is 28.7 Å². The van der Waals surface area contributed by atoms with Gasteiger partial charge in [0.15, 0.2) is 10.7 Å². The van der Waals surface area contributed by atoms with Gasteiger partial charge >= 0.3 is 5.69 Å². The number of hydrogen-bond donors (Lipinski definition) is 0. The Labute approximate surface area is 126 Å². The van der Waals surface area contributed by atoms with Gasteiger partial charge < -0.3 is 0 Å². The minimum Gasteiger partial charge on any atom is -0.262 e. The maximum Gasteiger partial charge on any atom is 0.376 e. The van der Waals surface area contributed by atoms with Crippen LogP contribution in [0.3, 0.4) is 0 Å². The molecule has 106 valence electrons. The van der Waals surface area contributed by atoms with Gasteiger partial charge in [-0.2, -0.15) is 0 Å². The van der Waals surface area contributed by atoms with E-state index in [1.54, 1.807) is 0 Å². The van der Waals surface area contributed by atoms with Crippen molar-refractivity contribution >= 4 is 40.3 Å². The lowest BCUT2D eigenvalue weighted by Crippen LogP contribution is -2.30. The summed E-state index contributed by atoms with van der Waals surface area (Å²) in [6.07, 6.45) is 3.54. The molecule has 1 aromatic heterocycles. The normalized spacial score (nSPS) is 18.5. The number of rotatable bonds is 3. The first kappa shape index (κ1) is 14.8. The number of allylic oxidation sites excluding steroid dienone is 3. The van der Waals surface area contributed by atoms with Gasteiger partial charge in [0, 0.05) is 17.0 Å². The highest BCUT2D eigenvalue weighted by molar-refractivity contribution is 7.80.